The van der Waals surface area contributed by atoms with Crippen LogP contribution in [0.25, 0.3) is 0 Å². The number of hydrogen-bond donors (Lipinski definition) is 1. The van der Waals surface area contributed by atoms with Crippen LogP contribution in [0.1, 0.15) is 24.3 Å². The molecule has 0 unspecified atom stereocenters. The summed E-state index contributed by atoms with van der Waals surface area (Å²) >= 11 is 0. The molecule has 1 heterocycles. The zero-order valence-electron chi connectivity index (χ0n) is 9.77. The Morgan fingerprint density at radius 3 is 2.75 bits per heavy atom. The molecule has 0 radical (unpaired) electrons. The maximum absolute atomic E-state index is 11.5. The fraction of sp³-hybridized carbons (Fsp3) is 0.600. The average Bonchev–Trinajstić information content (AvgIpc) is 2.52. The molecule has 2 N–H and O–H groups in total. The lowest BCUT2D eigenvalue weighted by Gasteiger charge is -2.07. The number of aromatic nitrogens is 2. The van der Waals surface area contributed by atoms with Gasteiger partial charge < -0.3 is 15.2 Å². The number of nitrogens with two attached hydrogens (primary N) is 1. The Hall–Kier alpha value is -1.56. The first-order valence-corrected chi connectivity index (χ1v) is 5.08. The monoisotopic (exact) mass is 227 g/mol. The predicted octanol–water partition coefficient (Wildman–Crippen LogP) is 0.584. The second-order valence-electron chi connectivity index (χ2n) is 3.66. The molecule has 6 heteroatoms. The molecule has 90 valence electrons. The number of carbonyl (C=O) groups excluding carboxylic acids is 1. The first-order chi connectivity index (χ1) is 7.50. The van der Waals surface area contributed by atoms with E-state index >= 15 is 0 Å². The van der Waals surface area contributed by atoms with E-state index in [-0.39, 0.29) is 18.4 Å². The first kappa shape index (κ1) is 12.5. The van der Waals surface area contributed by atoms with Gasteiger partial charge in [0.1, 0.15) is 6.61 Å². The Bertz CT molecular complexity index is 360. The van der Waals surface area contributed by atoms with E-state index < -0.39 is 5.97 Å². The van der Waals surface area contributed by atoms with Gasteiger partial charge in [-0.15, -0.1) is 0 Å². The molecule has 0 amide bonds. The normalized spacial score (nSPS) is 10.8. The van der Waals surface area contributed by atoms with Crippen molar-refractivity contribution in [3.05, 3.63) is 11.9 Å². The lowest BCUT2D eigenvalue weighted by Crippen LogP contribution is -2.15. The van der Waals surface area contributed by atoms with Crippen molar-refractivity contribution in [2.45, 2.75) is 20.0 Å². The van der Waals surface area contributed by atoms with E-state index in [1.54, 1.807) is 13.2 Å². The SMILES string of the molecule is CC(C)OCCOC(=O)c1nn(C)cc1N. The van der Waals surface area contributed by atoms with E-state index in [1.165, 1.54) is 4.68 Å². The zero-order valence-corrected chi connectivity index (χ0v) is 9.77. The number of hydrogen-bond acceptors (Lipinski definition) is 5. The van der Waals surface area contributed by atoms with Crippen LogP contribution in [0.5, 0.6) is 0 Å². The molecule has 0 saturated heterocycles. The molecular formula is C10H17N3O3. The Morgan fingerprint density at radius 2 is 2.25 bits per heavy atom. The highest BCUT2D eigenvalue weighted by molar-refractivity contribution is 5.92. The summed E-state index contributed by atoms with van der Waals surface area (Å²) in [5, 5.41) is 3.90. The maximum Gasteiger partial charge on any atom is 0.361 e. The molecule has 0 aliphatic heterocycles. The number of esters is 1. The largest absolute Gasteiger partial charge is 0.458 e. The summed E-state index contributed by atoms with van der Waals surface area (Å²) in [7, 11) is 1.69. The van der Waals surface area contributed by atoms with Crippen LogP contribution in [-0.2, 0) is 16.5 Å². The van der Waals surface area contributed by atoms with Gasteiger partial charge in [0.15, 0.2) is 5.69 Å². The zero-order chi connectivity index (χ0) is 12.1. The first-order valence-electron chi connectivity index (χ1n) is 5.08. The molecule has 1 aromatic heterocycles. The number of nitrogen functional groups attached to an aromatic ring is 1. The quantitative estimate of drug-likeness (QED) is 0.588. The van der Waals surface area contributed by atoms with Crippen molar-refractivity contribution in [1.29, 1.82) is 0 Å². The van der Waals surface area contributed by atoms with Crippen LogP contribution in [0.4, 0.5) is 5.69 Å². The fourth-order valence-electron chi connectivity index (χ4n) is 1.15. The number of aryl methyl sites for hydroxylation is 1. The van der Waals surface area contributed by atoms with E-state index in [9.17, 15) is 4.79 Å². The highest BCUT2D eigenvalue weighted by Gasteiger charge is 2.15. The molecule has 0 atom stereocenters. The molecule has 0 spiro atoms. The average molecular weight is 227 g/mol. The van der Waals surface area contributed by atoms with E-state index in [0.29, 0.717) is 12.3 Å². The molecule has 0 bridgehead atoms. The molecule has 0 aliphatic carbocycles. The number of carbonyl (C=O) groups is 1. The lowest BCUT2D eigenvalue weighted by molar-refractivity contribution is 0.0173. The summed E-state index contributed by atoms with van der Waals surface area (Å²) < 4.78 is 11.7. The molecule has 6 nitrogen and oxygen atoms in total. The van der Waals surface area contributed by atoms with Crippen LogP contribution in [0.2, 0.25) is 0 Å². The van der Waals surface area contributed by atoms with Gasteiger partial charge in [-0.25, -0.2) is 4.79 Å². The van der Waals surface area contributed by atoms with Gasteiger partial charge in [-0.3, -0.25) is 4.68 Å². The van der Waals surface area contributed by atoms with Crippen LogP contribution in [0, 0.1) is 0 Å². The topological polar surface area (TPSA) is 79.4 Å². The molecule has 0 aliphatic rings. The number of rotatable bonds is 5. The summed E-state index contributed by atoms with van der Waals surface area (Å²) in [6.07, 6.45) is 1.68. The number of ether oxygens (including phenoxy) is 2. The van der Waals surface area contributed by atoms with Crippen LogP contribution in [0.15, 0.2) is 6.20 Å². The standard InChI is InChI=1S/C10H17N3O3/c1-7(2)15-4-5-16-10(14)9-8(11)6-13(3)12-9/h6-7H,4-5,11H2,1-3H3. The minimum absolute atomic E-state index is 0.124. The highest BCUT2D eigenvalue weighted by Crippen LogP contribution is 2.09. The molecule has 0 aromatic carbocycles. The third-order valence-corrected chi connectivity index (χ3v) is 1.82. The molecule has 0 fully saturated rings. The summed E-state index contributed by atoms with van der Waals surface area (Å²) in [6, 6.07) is 0. The molecule has 0 saturated carbocycles. The minimum Gasteiger partial charge on any atom is -0.458 e. The fourth-order valence-corrected chi connectivity index (χ4v) is 1.15. The highest BCUT2D eigenvalue weighted by atomic mass is 16.6. The Kier molecular flexibility index (Phi) is 4.30. The maximum atomic E-state index is 11.5. The van der Waals surface area contributed by atoms with Crippen molar-refractivity contribution in [2.24, 2.45) is 7.05 Å². The smallest absolute Gasteiger partial charge is 0.361 e. The van der Waals surface area contributed by atoms with E-state index in [0.717, 1.165) is 0 Å². The summed E-state index contributed by atoms with van der Waals surface area (Å²) in [5.74, 6) is -0.523. The van der Waals surface area contributed by atoms with Crippen molar-refractivity contribution >= 4 is 11.7 Å². The predicted molar refractivity (Wildman–Crippen MR) is 59.0 cm³/mol. The summed E-state index contributed by atoms with van der Waals surface area (Å²) in [4.78, 5) is 11.5. The Labute approximate surface area is 94.3 Å². The molecule has 1 aromatic rings. The van der Waals surface area contributed by atoms with Crippen molar-refractivity contribution in [3.63, 3.8) is 0 Å². The van der Waals surface area contributed by atoms with E-state index in [1.807, 2.05) is 13.8 Å². The van der Waals surface area contributed by atoms with Gasteiger partial charge in [0, 0.05) is 13.2 Å². The molecule has 1 rings (SSSR count). The molecule has 16 heavy (non-hydrogen) atoms. The second kappa shape index (κ2) is 5.50. The van der Waals surface area contributed by atoms with Gasteiger partial charge in [-0.1, -0.05) is 0 Å². The Balaban J connectivity index is 2.38. The number of nitrogens with zero attached hydrogens (tertiary/aromatic N) is 2. The molecular weight excluding hydrogens is 210 g/mol. The van der Waals surface area contributed by atoms with Gasteiger partial charge in [-0.05, 0) is 13.8 Å². The van der Waals surface area contributed by atoms with Crippen molar-refractivity contribution < 1.29 is 14.3 Å². The van der Waals surface area contributed by atoms with Gasteiger partial charge in [0.2, 0.25) is 0 Å². The van der Waals surface area contributed by atoms with Gasteiger partial charge in [0.05, 0.1) is 18.4 Å². The van der Waals surface area contributed by atoms with Crippen LogP contribution in [0.3, 0.4) is 0 Å². The lowest BCUT2D eigenvalue weighted by atomic mass is 10.4. The third-order valence-electron chi connectivity index (χ3n) is 1.82. The van der Waals surface area contributed by atoms with Crippen molar-refractivity contribution in [3.8, 4) is 0 Å². The number of anilines is 1. The third kappa shape index (κ3) is 3.54. The minimum atomic E-state index is -0.523. The van der Waals surface area contributed by atoms with E-state index in [4.69, 9.17) is 15.2 Å². The van der Waals surface area contributed by atoms with Gasteiger partial charge in [-0.2, -0.15) is 5.10 Å². The van der Waals surface area contributed by atoms with Crippen LogP contribution < -0.4 is 5.73 Å². The van der Waals surface area contributed by atoms with Gasteiger partial charge in [0.25, 0.3) is 0 Å². The van der Waals surface area contributed by atoms with Gasteiger partial charge >= 0.3 is 5.97 Å². The second-order valence-corrected chi connectivity index (χ2v) is 3.66. The van der Waals surface area contributed by atoms with Crippen LogP contribution in [-0.4, -0.2) is 35.1 Å². The summed E-state index contributed by atoms with van der Waals surface area (Å²) in [6.45, 7) is 4.40. The Morgan fingerprint density at radius 1 is 1.56 bits per heavy atom. The van der Waals surface area contributed by atoms with Crippen molar-refractivity contribution in [2.75, 3.05) is 18.9 Å². The van der Waals surface area contributed by atoms with Crippen molar-refractivity contribution in [1.82, 2.24) is 9.78 Å². The van der Waals surface area contributed by atoms with E-state index in [2.05, 4.69) is 5.10 Å². The van der Waals surface area contributed by atoms with Crippen LogP contribution >= 0.6 is 0 Å². The summed E-state index contributed by atoms with van der Waals surface area (Å²) in [5.41, 5.74) is 6.04.